The maximum absolute atomic E-state index is 11.2. The third kappa shape index (κ3) is 3.98. The van der Waals surface area contributed by atoms with Crippen LogP contribution in [-0.2, 0) is 17.9 Å². The minimum atomic E-state index is -0.746. The number of nitriles is 1. The molecule has 1 fully saturated rings. The van der Waals surface area contributed by atoms with E-state index in [4.69, 9.17) is 4.74 Å². The molecule has 0 saturated heterocycles. The average molecular weight is 429 g/mol. The number of carbonyl (C=O) groups is 1. The number of hydrogen-bond acceptors (Lipinski definition) is 3. The second-order valence-electron chi connectivity index (χ2n) is 9.18. The molecule has 3 aromatic rings. The summed E-state index contributed by atoms with van der Waals surface area (Å²) in [4.78, 5) is 11.2. The molecule has 5 nitrogen and oxygen atoms in total. The Bertz CT molecular complexity index is 1200. The number of benzene rings is 2. The first kappa shape index (κ1) is 20.6. The van der Waals surface area contributed by atoms with E-state index in [0.717, 1.165) is 46.4 Å². The van der Waals surface area contributed by atoms with Crippen molar-refractivity contribution in [2.75, 3.05) is 0 Å². The molecule has 2 aromatic carbocycles. The molecule has 164 valence electrons. The van der Waals surface area contributed by atoms with E-state index in [1.165, 1.54) is 37.7 Å². The maximum Gasteiger partial charge on any atom is 0.304 e. The number of rotatable bonds is 6. The monoisotopic (exact) mass is 428 g/mol. The van der Waals surface area contributed by atoms with Crippen LogP contribution < -0.4 is 4.74 Å². The lowest BCUT2D eigenvalue weighted by Gasteiger charge is -2.23. The molecule has 1 aliphatic heterocycles. The van der Waals surface area contributed by atoms with E-state index < -0.39 is 5.97 Å². The van der Waals surface area contributed by atoms with Crippen LogP contribution in [0.1, 0.15) is 79.2 Å². The standard InChI is InChI=1S/C27H28N2O3/c28-16-22-12-18(6-8-24(22)19-4-2-1-3-5-19)17-32-23-7-9-25-21(13-23)14-26-20(15-27(30)31)10-11-29(25)26/h6-9,12-14,19-20H,1-5,10-11,15,17H2,(H,30,31)/t20-/m1/s1. The highest BCUT2D eigenvalue weighted by Crippen LogP contribution is 2.38. The molecule has 1 atom stereocenters. The molecule has 2 heterocycles. The van der Waals surface area contributed by atoms with Crippen LogP contribution in [0.5, 0.6) is 5.75 Å². The van der Waals surface area contributed by atoms with Crippen molar-refractivity contribution < 1.29 is 14.6 Å². The van der Waals surface area contributed by atoms with Crippen molar-refractivity contribution in [2.45, 2.75) is 69.9 Å². The van der Waals surface area contributed by atoms with Crippen LogP contribution in [0.3, 0.4) is 0 Å². The van der Waals surface area contributed by atoms with Gasteiger partial charge in [0.1, 0.15) is 12.4 Å². The van der Waals surface area contributed by atoms with Gasteiger partial charge < -0.3 is 14.4 Å². The summed E-state index contributed by atoms with van der Waals surface area (Å²) in [5, 5.41) is 19.9. The first-order valence-corrected chi connectivity index (χ1v) is 11.6. The van der Waals surface area contributed by atoms with Gasteiger partial charge in [-0.3, -0.25) is 4.79 Å². The predicted molar refractivity (Wildman–Crippen MR) is 123 cm³/mol. The molecule has 0 unspecified atom stereocenters. The van der Waals surface area contributed by atoms with Gasteiger partial charge in [-0.2, -0.15) is 5.26 Å². The first-order valence-electron chi connectivity index (χ1n) is 11.6. The Labute approximate surface area is 188 Å². The molecule has 32 heavy (non-hydrogen) atoms. The van der Waals surface area contributed by atoms with Gasteiger partial charge in [0.25, 0.3) is 0 Å². The number of carboxylic acid groups (broad SMARTS) is 1. The van der Waals surface area contributed by atoms with E-state index in [2.05, 4.69) is 34.9 Å². The van der Waals surface area contributed by atoms with Crippen molar-refractivity contribution in [1.29, 1.82) is 5.26 Å². The number of aryl methyl sites for hydroxylation is 1. The van der Waals surface area contributed by atoms with Gasteiger partial charge in [-0.15, -0.1) is 0 Å². The fourth-order valence-corrected chi connectivity index (χ4v) is 5.52. The van der Waals surface area contributed by atoms with Crippen molar-refractivity contribution >= 4 is 16.9 Å². The van der Waals surface area contributed by atoms with E-state index in [1.807, 2.05) is 18.2 Å². The van der Waals surface area contributed by atoms with Crippen LogP contribution >= 0.6 is 0 Å². The van der Waals surface area contributed by atoms with Gasteiger partial charge in [0, 0.05) is 29.1 Å². The number of aliphatic carboxylic acids is 1. The summed E-state index contributed by atoms with van der Waals surface area (Å²) in [6, 6.07) is 16.8. The molecule has 0 bridgehead atoms. The third-order valence-electron chi connectivity index (χ3n) is 7.13. The van der Waals surface area contributed by atoms with E-state index in [9.17, 15) is 15.2 Å². The van der Waals surface area contributed by atoms with Gasteiger partial charge in [-0.05, 0) is 66.6 Å². The molecule has 1 aliphatic carbocycles. The van der Waals surface area contributed by atoms with E-state index in [0.29, 0.717) is 12.5 Å². The fourth-order valence-electron chi connectivity index (χ4n) is 5.52. The molecule has 5 heteroatoms. The molecule has 1 saturated carbocycles. The lowest BCUT2D eigenvalue weighted by molar-refractivity contribution is -0.137. The molecule has 2 aliphatic rings. The Morgan fingerprint density at radius 3 is 2.72 bits per heavy atom. The van der Waals surface area contributed by atoms with Crippen LogP contribution in [0.4, 0.5) is 0 Å². The van der Waals surface area contributed by atoms with Gasteiger partial charge in [0.15, 0.2) is 0 Å². The first-order chi connectivity index (χ1) is 15.6. The predicted octanol–water partition coefficient (Wildman–Crippen LogP) is 6.10. The molecule has 1 N–H and O–H groups in total. The van der Waals surface area contributed by atoms with Gasteiger partial charge in [0.05, 0.1) is 18.1 Å². The number of fused-ring (bicyclic) bond motifs is 3. The summed E-state index contributed by atoms with van der Waals surface area (Å²) in [6.45, 7) is 1.28. The van der Waals surface area contributed by atoms with E-state index >= 15 is 0 Å². The van der Waals surface area contributed by atoms with Crippen LogP contribution in [0.15, 0.2) is 42.5 Å². The summed E-state index contributed by atoms with van der Waals surface area (Å²) >= 11 is 0. The second kappa shape index (κ2) is 8.70. The lowest BCUT2D eigenvalue weighted by Crippen LogP contribution is -2.07. The highest BCUT2D eigenvalue weighted by molar-refractivity contribution is 5.83. The third-order valence-corrected chi connectivity index (χ3v) is 7.13. The molecule has 0 spiro atoms. The zero-order valence-electron chi connectivity index (χ0n) is 18.2. The van der Waals surface area contributed by atoms with E-state index in [1.54, 1.807) is 0 Å². The number of hydrogen-bond donors (Lipinski definition) is 1. The summed E-state index contributed by atoms with van der Waals surface area (Å²) < 4.78 is 8.30. The Hall–Kier alpha value is -3.26. The fraction of sp³-hybridized carbons (Fsp3) is 0.407. The topological polar surface area (TPSA) is 75.2 Å². The maximum atomic E-state index is 11.2. The zero-order valence-corrected chi connectivity index (χ0v) is 18.2. The van der Waals surface area contributed by atoms with Gasteiger partial charge in [0.2, 0.25) is 0 Å². The van der Waals surface area contributed by atoms with Gasteiger partial charge in [-0.25, -0.2) is 0 Å². The Kier molecular flexibility index (Phi) is 5.61. The van der Waals surface area contributed by atoms with E-state index in [-0.39, 0.29) is 12.3 Å². The Morgan fingerprint density at radius 1 is 1.09 bits per heavy atom. The Morgan fingerprint density at radius 2 is 1.94 bits per heavy atom. The second-order valence-corrected chi connectivity index (χ2v) is 9.18. The molecular formula is C27H28N2O3. The molecule has 0 radical (unpaired) electrons. The Balaban J connectivity index is 1.31. The van der Waals surface area contributed by atoms with Crippen LogP contribution in [0.25, 0.3) is 10.9 Å². The van der Waals surface area contributed by atoms with Crippen LogP contribution in [0.2, 0.25) is 0 Å². The van der Waals surface area contributed by atoms with Crippen molar-refractivity contribution in [1.82, 2.24) is 4.57 Å². The smallest absolute Gasteiger partial charge is 0.304 e. The van der Waals surface area contributed by atoms with Gasteiger partial charge in [-0.1, -0.05) is 31.4 Å². The van der Waals surface area contributed by atoms with Crippen molar-refractivity contribution in [3.63, 3.8) is 0 Å². The van der Waals surface area contributed by atoms with Crippen LogP contribution in [0, 0.1) is 11.3 Å². The minimum absolute atomic E-state index is 0.0800. The number of ether oxygens (including phenoxy) is 1. The molecule has 0 amide bonds. The van der Waals surface area contributed by atoms with Crippen molar-refractivity contribution in [3.05, 3.63) is 64.8 Å². The minimum Gasteiger partial charge on any atom is -0.489 e. The van der Waals surface area contributed by atoms with Gasteiger partial charge >= 0.3 is 5.97 Å². The highest BCUT2D eigenvalue weighted by Gasteiger charge is 2.26. The van der Waals surface area contributed by atoms with Crippen molar-refractivity contribution in [3.8, 4) is 11.8 Å². The summed E-state index contributed by atoms with van der Waals surface area (Å²) in [5.74, 6) is 0.629. The van der Waals surface area contributed by atoms with Crippen molar-refractivity contribution in [2.24, 2.45) is 0 Å². The molecular weight excluding hydrogens is 400 g/mol. The number of nitrogens with zero attached hydrogens (tertiary/aromatic N) is 2. The lowest BCUT2D eigenvalue weighted by atomic mass is 9.82. The summed E-state index contributed by atoms with van der Waals surface area (Å²) in [6.07, 6.45) is 7.23. The normalized spacial score (nSPS) is 18.4. The summed E-state index contributed by atoms with van der Waals surface area (Å²) in [7, 11) is 0. The largest absolute Gasteiger partial charge is 0.489 e. The number of aromatic nitrogens is 1. The summed E-state index contributed by atoms with van der Waals surface area (Å²) in [5.41, 5.74) is 5.21. The quantitative estimate of drug-likeness (QED) is 0.515. The molecule has 5 rings (SSSR count). The number of carboxylic acids is 1. The van der Waals surface area contributed by atoms with Crippen LogP contribution in [-0.4, -0.2) is 15.6 Å². The highest BCUT2D eigenvalue weighted by atomic mass is 16.5. The average Bonchev–Trinajstić information content (AvgIpc) is 3.37. The SMILES string of the molecule is N#Cc1cc(COc2ccc3c(c2)cc2n3CC[C@@H]2CC(=O)O)ccc1C1CCCCC1. The zero-order chi connectivity index (χ0) is 22.1. The molecule has 1 aromatic heterocycles.